The number of para-hydroxylation sites is 1. The summed E-state index contributed by atoms with van der Waals surface area (Å²) in [5.41, 5.74) is 0.789. The number of ether oxygens (including phenoxy) is 1. The first-order valence-electron chi connectivity index (χ1n) is 8.54. The summed E-state index contributed by atoms with van der Waals surface area (Å²) in [5.74, 6) is 0.155. The van der Waals surface area contributed by atoms with Crippen molar-refractivity contribution in [2.75, 3.05) is 5.75 Å². The minimum atomic E-state index is -0.563. The minimum Gasteiger partial charge on any atom is -0.459 e. The van der Waals surface area contributed by atoms with Crippen LogP contribution >= 0.6 is 11.8 Å². The molecule has 0 saturated carbocycles. The fourth-order valence-electron chi connectivity index (χ4n) is 2.50. The summed E-state index contributed by atoms with van der Waals surface area (Å²) in [5, 5.41) is 0.905. The van der Waals surface area contributed by atoms with Crippen LogP contribution in [0.4, 0.5) is 0 Å². The summed E-state index contributed by atoms with van der Waals surface area (Å²) >= 11 is 1.16. The first-order valence-corrected chi connectivity index (χ1v) is 9.52. The number of rotatable bonds is 4. The molecule has 0 unspecified atom stereocenters. The third-order valence-corrected chi connectivity index (χ3v) is 4.52. The Kier molecular flexibility index (Phi) is 5.32. The van der Waals surface area contributed by atoms with Crippen LogP contribution in [0.25, 0.3) is 16.7 Å². The number of benzene rings is 1. The van der Waals surface area contributed by atoms with E-state index < -0.39 is 5.60 Å². The fraction of sp³-hybridized carbons (Fsp3) is 0.300. The predicted molar refractivity (Wildman–Crippen MR) is 106 cm³/mol. The van der Waals surface area contributed by atoms with E-state index in [4.69, 9.17) is 4.74 Å². The number of carbonyl (C=O) groups excluding carboxylic acids is 1. The van der Waals surface area contributed by atoms with Gasteiger partial charge in [-0.25, -0.2) is 14.5 Å². The lowest BCUT2D eigenvalue weighted by Gasteiger charge is -2.19. The first kappa shape index (κ1) is 19.1. The maximum atomic E-state index is 13.1. The number of hydrogen-bond acceptors (Lipinski definition) is 6. The van der Waals surface area contributed by atoms with Crippen LogP contribution in [-0.2, 0) is 9.53 Å². The number of pyridine rings is 1. The van der Waals surface area contributed by atoms with Crippen LogP contribution in [-0.4, -0.2) is 31.9 Å². The quantitative estimate of drug-likeness (QED) is 0.390. The molecule has 0 saturated heterocycles. The second-order valence-electron chi connectivity index (χ2n) is 7.12. The van der Waals surface area contributed by atoms with Crippen molar-refractivity contribution in [2.45, 2.75) is 38.5 Å². The van der Waals surface area contributed by atoms with Crippen molar-refractivity contribution >= 4 is 28.6 Å². The highest BCUT2D eigenvalue weighted by Gasteiger charge is 2.19. The number of fused-ring (bicyclic) bond motifs is 1. The van der Waals surface area contributed by atoms with Gasteiger partial charge in [-0.05, 0) is 51.5 Å². The first-order chi connectivity index (χ1) is 12.7. The van der Waals surface area contributed by atoms with Crippen molar-refractivity contribution in [3.05, 3.63) is 58.5 Å². The largest absolute Gasteiger partial charge is 0.459 e. The van der Waals surface area contributed by atoms with E-state index in [0.717, 1.165) is 17.3 Å². The molecule has 0 fully saturated rings. The number of thioether (sulfide) groups is 1. The third kappa shape index (κ3) is 4.54. The molecule has 2 heterocycles. The Balaban J connectivity index is 2.04. The molecule has 140 valence electrons. The van der Waals surface area contributed by atoms with E-state index >= 15 is 0 Å². The molecule has 27 heavy (non-hydrogen) atoms. The third-order valence-electron chi connectivity index (χ3n) is 3.61. The number of aromatic nitrogens is 3. The lowest BCUT2D eigenvalue weighted by atomic mass is 10.2. The van der Waals surface area contributed by atoms with Gasteiger partial charge in [-0.1, -0.05) is 30.0 Å². The van der Waals surface area contributed by atoms with E-state index in [1.807, 2.05) is 39.8 Å². The molecule has 0 amide bonds. The number of esters is 1. The molecule has 0 bridgehead atoms. The molecule has 1 aromatic carbocycles. The second kappa shape index (κ2) is 7.52. The Hall–Kier alpha value is -2.67. The number of aryl methyl sites for hydroxylation is 1. The maximum Gasteiger partial charge on any atom is 0.316 e. The summed E-state index contributed by atoms with van der Waals surface area (Å²) in [6, 6.07) is 10.8. The van der Waals surface area contributed by atoms with Crippen molar-refractivity contribution in [2.24, 2.45) is 0 Å². The van der Waals surface area contributed by atoms with E-state index in [9.17, 15) is 9.59 Å². The predicted octanol–water partition coefficient (Wildman–Crippen LogP) is 3.52. The summed E-state index contributed by atoms with van der Waals surface area (Å²) in [6.45, 7) is 7.37. The molecule has 6 nitrogen and oxygen atoms in total. The van der Waals surface area contributed by atoms with E-state index in [1.165, 1.54) is 4.57 Å². The van der Waals surface area contributed by atoms with Crippen molar-refractivity contribution in [1.82, 2.24) is 14.5 Å². The van der Waals surface area contributed by atoms with Gasteiger partial charge < -0.3 is 4.74 Å². The highest BCUT2D eigenvalue weighted by atomic mass is 32.2. The van der Waals surface area contributed by atoms with Crippen LogP contribution in [0.3, 0.4) is 0 Å². The Morgan fingerprint density at radius 2 is 1.93 bits per heavy atom. The Labute approximate surface area is 161 Å². The van der Waals surface area contributed by atoms with E-state index in [2.05, 4.69) is 9.97 Å². The standard InChI is InChI=1S/C20H21N3O3S/c1-13-9-10-16(21-11-13)23-18(25)14-7-5-6-8-15(14)22-19(23)27-12-17(24)26-20(2,3)4/h5-11H,12H2,1-4H3. The van der Waals surface area contributed by atoms with Crippen LogP contribution in [0.1, 0.15) is 26.3 Å². The smallest absolute Gasteiger partial charge is 0.316 e. The minimum absolute atomic E-state index is 0.0495. The molecule has 0 spiro atoms. The molecule has 2 aromatic heterocycles. The Morgan fingerprint density at radius 3 is 2.59 bits per heavy atom. The zero-order chi connectivity index (χ0) is 19.6. The van der Waals surface area contributed by atoms with Crippen molar-refractivity contribution < 1.29 is 9.53 Å². The van der Waals surface area contributed by atoms with Crippen molar-refractivity contribution in [1.29, 1.82) is 0 Å². The summed E-state index contributed by atoms with van der Waals surface area (Å²) in [6.07, 6.45) is 1.69. The van der Waals surface area contributed by atoms with Crippen LogP contribution in [0.2, 0.25) is 0 Å². The molecule has 0 aliphatic heterocycles. The van der Waals surface area contributed by atoms with Crippen LogP contribution in [0.5, 0.6) is 0 Å². The second-order valence-corrected chi connectivity index (χ2v) is 8.06. The molecule has 0 aliphatic carbocycles. The topological polar surface area (TPSA) is 74.1 Å². The Bertz CT molecular complexity index is 1040. The van der Waals surface area contributed by atoms with E-state index in [-0.39, 0.29) is 17.3 Å². The molecule has 0 atom stereocenters. The van der Waals surface area contributed by atoms with Gasteiger partial charge in [0.2, 0.25) is 0 Å². The number of carbonyl (C=O) groups is 1. The summed E-state index contributed by atoms with van der Waals surface area (Å²) < 4.78 is 6.79. The number of hydrogen-bond donors (Lipinski definition) is 0. The summed E-state index contributed by atoms with van der Waals surface area (Å²) in [7, 11) is 0. The molecule has 0 aliphatic rings. The monoisotopic (exact) mass is 383 g/mol. The molecule has 0 N–H and O–H groups in total. The zero-order valence-electron chi connectivity index (χ0n) is 15.7. The van der Waals surface area contributed by atoms with Crippen LogP contribution in [0.15, 0.2) is 52.5 Å². The van der Waals surface area contributed by atoms with Gasteiger partial charge in [0, 0.05) is 6.20 Å². The van der Waals surface area contributed by atoms with Gasteiger partial charge in [0.15, 0.2) is 5.16 Å². The molecule has 3 aromatic rings. The van der Waals surface area contributed by atoms with Crippen LogP contribution in [0, 0.1) is 6.92 Å². The van der Waals surface area contributed by atoms with E-state index in [1.54, 1.807) is 30.5 Å². The van der Waals surface area contributed by atoms with E-state index in [0.29, 0.717) is 21.9 Å². The van der Waals surface area contributed by atoms with Gasteiger partial charge in [-0.2, -0.15) is 0 Å². The van der Waals surface area contributed by atoms with Gasteiger partial charge in [-0.15, -0.1) is 0 Å². The zero-order valence-corrected chi connectivity index (χ0v) is 16.5. The molecule has 3 rings (SSSR count). The molecular weight excluding hydrogens is 362 g/mol. The fourth-order valence-corrected chi connectivity index (χ4v) is 3.27. The Morgan fingerprint density at radius 1 is 1.19 bits per heavy atom. The highest BCUT2D eigenvalue weighted by Crippen LogP contribution is 2.21. The molecular formula is C20H21N3O3S. The highest BCUT2D eigenvalue weighted by molar-refractivity contribution is 7.99. The van der Waals surface area contributed by atoms with Gasteiger partial charge in [0.25, 0.3) is 5.56 Å². The molecule has 7 heteroatoms. The van der Waals surface area contributed by atoms with Gasteiger partial charge >= 0.3 is 5.97 Å². The number of nitrogens with zero attached hydrogens (tertiary/aromatic N) is 3. The summed E-state index contributed by atoms with van der Waals surface area (Å²) in [4.78, 5) is 34.1. The van der Waals surface area contributed by atoms with Crippen molar-refractivity contribution in [3.63, 3.8) is 0 Å². The average molecular weight is 383 g/mol. The van der Waals surface area contributed by atoms with Gasteiger partial charge in [0.05, 0.1) is 16.7 Å². The average Bonchev–Trinajstić information content (AvgIpc) is 2.60. The maximum absolute atomic E-state index is 13.1. The van der Waals surface area contributed by atoms with Crippen LogP contribution < -0.4 is 5.56 Å². The van der Waals surface area contributed by atoms with Crippen molar-refractivity contribution in [3.8, 4) is 5.82 Å². The van der Waals surface area contributed by atoms with Gasteiger partial charge in [-0.3, -0.25) is 9.59 Å². The normalized spacial score (nSPS) is 11.6. The lowest BCUT2D eigenvalue weighted by molar-refractivity contribution is -0.151. The SMILES string of the molecule is Cc1ccc(-n2c(SCC(=O)OC(C)(C)C)nc3ccccc3c2=O)nc1. The molecule has 0 radical (unpaired) electrons. The lowest BCUT2D eigenvalue weighted by Crippen LogP contribution is -2.26. The van der Waals surface area contributed by atoms with Gasteiger partial charge in [0.1, 0.15) is 11.4 Å².